The van der Waals surface area contributed by atoms with E-state index in [1.807, 2.05) is 0 Å². The van der Waals surface area contributed by atoms with Gasteiger partial charge in [0.1, 0.15) is 0 Å². The Morgan fingerprint density at radius 1 is 1.16 bits per heavy atom. The highest BCUT2D eigenvalue weighted by molar-refractivity contribution is 9.10. The van der Waals surface area contributed by atoms with Crippen LogP contribution in [0, 0.1) is 17.0 Å². The van der Waals surface area contributed by atoms with E-state index in [-0.39, 0.29) is 21.5 Å². The van der Waals surface area contributed by atoms with Gasteiger partial charge in [-0.2, -0.15) is 5.10 Å². The van der Waals surface area contributed by atoms with Crippen LogP contribution in [0.1, 0.15) is 32.0 Å². The van der Waals surface area contributed by atoms with E-state index in [1.165, 1.54) is 18.3 Å². The van der Waals surface area contributed by atoms with Crippen molar-refractivity contribution in [1.29, 1.82) is 0 Å². The number of aromatic nitrogens is 1. The summed E-state index contributed by atoms with van der Waals surface area (Å²) in [5, 5.41) is 15.0. The quantitative estimate of drug-likeness (QED) is 0.186. The number of hydrazone groups is 1. The maximum absolute atomic E-state index is 12.4. The largest absolute Gasteiger partial charge is 0.421 e. The molecule has 2 aromatic carbocycles. The van der Waals surface area contributed by atoms with Crippen LogP contribution in [0.25, 0.3) is 0 Å². The number of hydrogen-bond acceptors (Lipinski definition) is 7. The van der Waals surface area contributed by atoms with E-state index in [9.17, 15) is 19.7 Å². The third-order valence-corrected chi connectivity index (χ3v) is 4.60. The van der Waals surface area contributed by atoms with Crippen molar-refractivity contribution < 1.29 is 19.2 Å². The van der Waals surface area contributed by atoms with Crippen molar-refractivity contribution in [3.8, 4) is 5.75 Å². The lowest BCUT2D eigenvalue weighted by molar-refractivity contribution is -0.385. The molecule has 1 aromatic heterocycles. The number of nitrogens with zero attached hydrogens (tertiary/aromatic N) is 3. The molecule has 0 atom stereocenters. The summed E-state index contributed by atoms with van der Waals surface area (Å²) >= 11 is 3.19. The van der Waals surface area contributed by atoms with Crippen molar-refractivity contribution >= 4 is 39.7 Å². The summed E-state index contributed by atoms with van der Waals surface area (Å²) in [6.45, 7) is 1.79. The van der Waals surface area contributed by atoms with Crippen LogP contribution in [0.4, 0.5) is 5.69 Å². The Hall–Kier alpha value is -3.92. The van der Waals surface area contributed by atoms with Gasteiger partial charge in [0.25, 0.3) is 11.6 Å². The highest BCUT2D eigenvalue weighted by Gasteiger charge is 2.19. The number of benzene rings is 2. The number of non-ortho nitro benzene ring substituents is 1. The Bertz CT molecular complexity index is 1160. The second-order valence-electron chi connectivity index (χ2n) is 6.25. The van der Waals surface area contributed by atoms with E-state index in [0.717, 1.165) is 11.9 Å². The normalized spacial score (nSPS) is 10.6. The van der Waals surface area contributed by atoms with Gasteiger partial charge in [0.15, 0.2) is 5.75 Å². The second kappa shape index (κ2) is 9.72. The second-order valence-corrected chi connectivity index (χ2v) is 7.10. The molecule has 0 bridgehead atoms. The molecule has 0 aliphatic carbocycles. The number of ether oxygens (including phenoxy) is 1. The number of nitrogens with one attached hydrogen (secondary N) is 1. The van der Waals surface area contributed by atoms with Gasteiger partial charge < -0.3 is 4.74 Å². The van der Waals surface area contributed by atoms with Crippen molar-refractivity contribution in [3.05, 3.63) is 97.8 Å². The zero-order valence-electron chi connectivity index (χ0n) is 16.1. The maximum Gasteiger partial charge on any atom is 0.343 e. The standard InChI is InChI=1S/C21H15BrN4O5/c1-13-7-8-15(11-23-13)20(27)25-24-12-16-9-17(26(29)30)10-18(22)19(16)31-21(28)14-5-3-2-4-6-14/h2-12H,1H3,(H,25,27)/b24-12+. The van der Waals surface area contributed by atoms with Crippen molar-refractivity contribution in [1.82, 2.24) is 10.4 Å². The van der Waals surface area contributed by atoms with Crippen LogP contribution in [-0.2, 0) is 0 Å². The average molecular weight is 483 g/mol. The summed E-state index contributed by atoms with van der Waals surface area (Å²) in [5.74, 6) is -1.15. The molecule has 9 nitrogen and oxygen atoms in total. The molecule has 1 amide bonds. The predicted octanol–water partition coefficient (Wildman–Crippen LogP) is 4.04. The van der Waals surface area contributed by atoms with Crippen LogP contribution < -0.4 is 10.2 Å². The molecule has 10 heteroatoms. The van der Waals surface area contributed by atoms with E-state index in [0.29, 0.717) is 11.1 Å². The van der Waals surface area contributed by atoms with Gasteiger partial charge in [-0.05, 0) is 47.1 Å². The van der Waals surface area contributed by atoms with Crippen LogP contribution in [0.5, 0.6) is 5.75 Å². The zero-order valence-corrected chi connectivity index (χ0v) is 17.7. The minimum Gasteiger partial charge on any atom is -0.421 e. The number of hydrogen-bond donors (Lipinski definition) is 1. The number of amides is 1. The number of nitro benzene ring substituents is 1. The van der Waals surface area contributed by atoms with Crippen LogP contribution in [-0.4, -0.2) is 28.0 Å². The SMILES string of the molecule is Cc1ccc(C(=O)N/N=C/c2cc([N+](=O)[O-])cc(Br)c2OC(=O)c2ccccc2)cn1. The summed E-state index contributed by atoms with van der Waals surface area (Å²) in [4.78, 5) is 39.3. The third-order valence-electron chi connectivity index (χ3n) is 4.02. The van der Waals surface area contributed by atoms with Gasteiger partial charge in [0.2, 0.25) is 0 Å². The Balaban J connectivity index is 1.87. The van der Waals surface area contributed by atoms with Gasteiger partial charge in [0.05, 0.1) is 26.7 Å². The third kappa shape index (κ3) is 5.58. The molecule has 0 aliphatic rings. The highest BCUT2D eigenvalue weighted by atomic mass is 79.9. The van der Waals surface area contributed by atoms with Crippen LogP contribution in [0.15, 0.2) is 70.4 Å². The van der Waals surface area contributed by atoms with E-state index >= 15 is 0 Å². The molecule has 0 unspecified atom stereocenters. The van der Waals surface area contributed by atoms with Crippen molar-refractivity contribution in [2.45, 2.75) is 6.92 Å². The monoisotopic (exact) mass is 482 g/mol. The number of aryl methyl sites for hydroxylation is 1. The number of carbonyl (C=O) groups excluding carboxylic acids is 2. The number of carbonyl (C=O) groups is 2. The first-order valence-corrected chi connectivity index (χ1v) is 9.65. The van der Waals surface area contributed by atoms with Crippen LogP contribution in [0.3, 0.4) is 0 Å². The Morgan fingerprint density at radius 2 is 1.90 bits per heavy atom. The molecule has 0 saturated carbocycles. The van der Waals surface area contributed by atoms with Gasteiger partial charge in [-0.3, -0.25) is 19.9 Å². The fourth-order valence-electron chi connectivity index (χ4n) is 2.46. The number of pyridine rings is 1. The van der Waals surface area contributed by atoms with E-state index < -0.39 is 16.8 Å². The molecule has 156 valence electrons. The first kappa shape index (κ1) is 21.8. The molecule has 0 fully saturated rings. The number of rotatable bonds is 6. The molecule has 3 rings (SSSR count). The van der Waals surface area contributed by atoms with Crippen LogP contribution in [0.2, 0.25) is 0 Å². The maximum atomic E-state index is 12.4. The van der Waals surface area contributed by atoms with E-state index in [1.54, 1.807) is 49.4 Å². The summed E-state index contributed by atoms with van der Waals surface area (Å²) in [7, 11) is 0. The predicted molar refractivity (Wildman–Crippen MR) is 116 cm³/mol. The molecular weight excluding hydrogens is 468 g/mol. The van der Waals surface area contributed by atoms with Crippen molar-refractivity contribution in [2.75, 3.05) is 0 Å². The summed E-state index contributed by atoms with van der Waals surface area (Å²) in [6.07, 6.45) is 2.56. The molecule has 0 aliphatic heterocycles. The first-order chi connectivity index (χ1) is 14.8. The highest BCUT2D eigenvalue weighted by Crippen LogP contribution is 2.33. The fraction of sp³-hybridized carbons (Fsp3) is 0.0476. The number of nitro groups is 1. The van der Waals surface area contributed by atoms with E-state index in [2.05, 4.69) is 31.4 Å². The molecule has 3 aromatic rings. The Morgan fingerprint density at radius 3 is 2.55 bits per heavy atom. The Kier molecular flexibility index (Phi) is 6.83. The minimum absolute atomic E-state index is 0.0226. The smallest absolute Gasteiger partial charge is 0.343 e. The zero-order chi connectivity index (χ0) is 22.4. The molecule has 1 heterocycles. The van der Waals surface area contributed by atoms with Crippen LogP contribution >= 0.6 is 15.9 Å². The lowest BCUT2D eigenvalue weighted by Crippen LogP contribution is -2.18. The lowest BCUT2D eigenvalue weighted by atomic mass is 10.2. The summed E-state index contributed by atoms with van der Waals surface area (Å²) < 4.78 is 5.61. The summed E-state index contributed by atoms with van der Waals surface area (Å²) in [5.41, 5.74) is 3.53. The number of halogens is 1. The van der Waals surface area contributed by atoms with Crippen molar-refractivity contribution in [2.24, 2.45) is 5.10 Å². The minimum atomic E-state index is -0.653. The summed E-state index contributed by atoms with van der Waals surface area (Å²) in [6, 6.07) is 13.9. The topological polar surface area (TPSA) is 124 Å². The lowest BCUT2D eigenvalue weighted by Gasteiger charge is -2.10. The van der Waals surface area contributed by atoms with Gasteiger partial charge >= 0.3 is 5.97 Å². The average Bonchev–Trinajstić information content (AvgIpc) is 2.76. The molecular formula is C21H15BrN4O5. The van der Waals surface area contributed by atoms with Gasteiger partial charge in [0, 0.05) is 29.6 Å². The fourth-order valence-corrected chi connectivity index (χ4v) is 3.01. The van der Waals surface area contributed by atoms with Gasteiger partial charge in [-0.25, -0.2) is 10.2 Å². The Labute approximate surface area is 185 Å². The first-order valence-electron chi connectivity index (χ1n) is 8.86. The molecule has 31 heavy (non-hydrogen) atoms. The molecule has 1 N–H and O–H groups in total. The van der Waals surface area contributed by atoms with Gasteiger partial charge in [-0.15, -0.1) is 0 Å². The van der Waals surface area contributed by atoms with Gasteiger partial charge in [-0.1, -0.05) is 18.2 Å². The molecule has 0 radical (unpaired) electrons. The van der Waals surface area contributed by atoms with Crippen molar-refractivity contribution in [3.63, 3.8) is 0 Å². The van der Waals surface area contributed by atoms with E-state index in [4.69, 9.17) is 4.74 Å². The number of esters is 1. The molecule has 0 spiro atoms. The molecule has 0 saturated heterocycles.